The normalized spacial score (nSPS) is 10.7. The number of hydrogen-bond acceptors (Lipinski definition) is 1. The summed E-state index contributed by atoms with van der Waals surface area (Å²) in [6, 6.07) is 12.5. The highest BCUT2D eigenvalue weighted by Gasteiger charge is 2.03. The molecule has 0 bridgehead atoms. The second-order valence-corrected chi connectivity index (χ2v) is 5.22. The van der Waals surface area contributed by atoms with E-state index in [9.17, 15) is 0 Å². The predicted molar refractivity (Wildman–Crippen MR) is 79.5 cm³/mol. The Labute approximate surface area is 117 Å². The van der Waals surface area contributed by atoms with E-state index >= 15 is 0 Å². The van der Waals surface area contributed by atoms with Crippen LogP contribution in [-0.2, 0) is 6.42 Å². The highest BCUT2D eigenvalue weighted by Crippen LogP contribution is 2.13. The largest absolute Gasteiger partial charge is 0.238 e. The molecule has 1 aromatic carbocycles. The molecule has 0 radical (unpaired) electrons. The van der Waals surface area contributed by atoms with E-state index in [0.717, 1.165) is 17.4 Å². The van der Waals surface area contributed by atoms with Gasteiger partial charge in [0, 0.05) is 17.2 Å². The van der Waals surface area contributed by atoms with Gasteiger partial charge < -0.3 is 0 Å². The number of aryl methyl sites for hydroxylation is 1. The topological polar surface area (TPSA) is 17.8 Å². The van der Waals surface area contributed by atoms with E-state index < -0.39 is 0 Å². The molecule has 2 aromatic rings. The summed E-state index contributed by atoms with van der Waals surface area (Å²) in [6.07, 6.45) is 8.12. The summed E-state index contributed by atoms with van der Waals surface area (Å²) >= 11 is 3.47. The first-order valence-electron chi connectivity index (χ1n) is 6.56. The van der Waals surface area contributed by atoms with Crippen molar-refractivity contribution >= 4 is 15.9 Å². The summed E-state index contributed by atoms with van der Waals surface area (Å²) in [5.41, 5.74) is 2.46. The fourth-order valence-corrected chi connectivity index (χ4v) is 2.47. The molecule has 0 aliphatic heterocycles. The Kier molecular flexibility index (Phi) is 5.46. The molecule has 0 fully saturated rings. The lowest BCUT2D eigenvalue weighted by molar-refractivity contribution is 0.652. The van der Waals surface area contributed by atoms with Crippen molar-refractivity contribution < 1.29 is 0 Å². The zero-order valence-electron chi connectivity index (χ0n) is 10.6. The van der Waals surface area contributed by atoms with E-state index in [1.807, 2.05) is 16.9 Å². The minimum Gasteiger partial charge on any atom is -0.238 e. The first-order valence-corrected chi connectivity index (χ1v) is 7.68. The highest BCUT2D eigenvalue weighted by atomic mass is 79.9. The van der Waals surface area contributed by atoms with Crippen LogP contribution in [-0.4, -0.2) is 15.1 Å². The summed E-state index contributed by atoms with van der Waals surface area (Å²) in [7, 11) is 0. The van der Waals surface area contributed by atoms with Crippen LogP contribution in [0.5, 0.6) is 0 Å². The summed E-state index contributed by atoms with van der Waals surface area (Å²) < 4.78 is 2.05. The van der Waals surface area contributed by atoms with Crippen molar-refractivity contribution in [3.05, 3.63) is 48.3 Å². The highest BCUT2D eigenvalue weighted by molar-refractivity contribution is 9.09. The van der Waals surface area contributed by atoms with Crippen LogP contribution in [0.15, 0.2) is 42.6 Å². The number of rotatable bonds is 7. The molecular weight excluding hydrogens is 288 g/mol. The number of unbranched alkanes of at least 4 members (excludes halogenated alkanes) is 3. The first-order chi connectivity index (χ1) is 8.92. The van der Waals surface area contributed by atoms with Gasteiger partial charge in [-0.25, -0.2) is 4.68 Å². The Morgan fingerprint density at radius 1 is 0.944 bits per heavy atom. The van der Waals surface area contributed by atoms with E-state index in [1.54, 1.807) is 0 Å². The monoisotopic (exact) mass is 306 g/mol. The number of para-hydroxylation sites is 1. The van der Waals surface area contributed by atoms with Gasteiger partial charge in [-0.1, -0.05) is 47.0 Å². The Balaban J connectivity index is 1.92. The third-order valence-corrected chi connectivity index (χ3v) is 3.60. The van der Waals surface area contributed by atoms with E-state index in [-0.39, 0.29) is 0 Å². The SMILES string of the molecule is BrCCCCCCc1ccnn1-c1ccccc1. The maximum absolute atomic E-state index is 4.41. The number of benzene rings is 1. The second kappa shape index (κ2) is 7.37. The lowest BCUT2D eigenvalue weighted by Gasteiger charge is -2.07. The fraction of sp³-hybridized carbons (Fsp3) is 0.400. The molecule has 0 saturated carbocycles. The molecule has 1 aromatic heterocycles. The first kappa shape index (κ1) is 13.3. The molecule has 0 aliphatic rings. The van der Waals surface area contributed by atoms with Gasteiger partial charge in [-0.3, -0.25) is 0 Å². The average molecular weight is 307 g/mol. The van der Waals surface area contributed by atoms with Crippen LogP contribution >= 0.6 is 15.9 Å². The molecule has 2 nitrogen and oxygen atoms in total. The Morgan fingerprint density at radius 3 is 2.50 bits per heavy atom. The standard InChI is InChI=1S/C15H19BrN2/c16-12-7-2-1-4-10-15-11-13-17-18(15)14-8-5-3-6-9-14/h3,5-6,8-9,11,13H,1-2,4,7,10,12H2. The minimum atomic E-state index is 1.11. The van der Waals surface area contributed by atoms with Crippen molar-refractivity contribution in [2.75, 3.05) is 5.33 Å². The molecule has 0 N–H and O–H groups in total. The molecule has 0 amide bonds. The van der Waals surface area contributed by atoms with E-state index in [0.29, 0.717) is 0 Å². The quantitative estimate of drug-likeness (QED) is 0.548. The number of alkyl halides is 1. The van der Waals surface area contributed by atoms with Gasteiger partial charge in [-0.05, 0) is 37.5 Å². The molecule has 0 atom stereocenters. The van der Waals surface area contributed by atoms with Crippen LogP contribution in [0.2, 0.25) is 0 Å². The van der Waals surface area contributed by atoms with Gasteiger partial charge in [0.2, 0.25) is 0 Å². The molecular formula is C15H19BrN2. The maximum Gasteiger partial charge on any atom is 0.0648 e. The number of hydrogen-bond donors (Lipinski definition) is 0. The summed E-state index contributed by atoms with van der Waals surface area (Å²) in [5.74, 6) is 0. The Morgan fingerprint density at radius 2 is 1.72 bits per heavy atom. The summed E-state index contributed by atoms with van der Waals surface area (Å²) in [6.45, 7) is 0. The van der Waals surface area contributed by atoms with Gasteiger partial charge in [0.15, 0.2) is 0 Å². The van der Waals surface area contributed by atoms with Gasteiger partial charge in [0.1, 0.15) is 0 Å². The zero-order chi connectivity index (χ0) is 12.6. The van der Waals surface area contributed by atoms with Gasteiger partial charge in [-0.15, -0.1) is 0 Å². The molecule has 0 saturated heterocycles. The van der Waals surface area contributed by atoms with E-state index in [4.69, 9.17) is 0 Å². The van der Waals surface area contributed by atoms with Crippen molar-refractivity contribution in [2.45, 2.75) is 32.1 Å². The Bertz CT molecular complexity index is 451. The molecule has 1 heterocycles. The number of halogens is 1. The zero-order valence-corrected chi connectivity index (χ0v) is 12.1. The second-order valence-electron chi connectivity index (χ2n) is 4.42. The van der Waals surface area contributed by atoms with E-state index in [2.05, 4.69) is 51.4 Å². The van der Waals surface area contributed by atoms with Crippen LogP contribution in [0.1, 0.15) is 31.4 Å². The Hall–Kier alpha value is -1.09. The predicted octanol–water partition coefficient (Wildman–Crippen LogP) is 4.37. The van der Waals surface area contributed by atoms with Crippen LogP contribution < -0.4 is 0 Å². The van der Waals surface area contributed by atoms with Gasteiger partial charge in [0.25, 0.3) is 0 Å². The molecule has 0 aliphatic carbocycles. The van der Waals surface area contributed by atoms with Gasteiger partial charge >= 0.3 is 0 Å². The van der Waals surface area contributed by atoms with Crippen molar-refractivity contribution in [1.82, 2.24) is 9.78 Å². The van der Waals surface area contributed by atoms with Crippen LogP contribution in [0.3, 0.4) is 0 Å². The fourth-order valence-electron chi connectivity index (χ4n) is 2.08. The third-order valence-electron chi connectivity index (χ3n) is 3.04. The summed E-state index contributed by atoms with van der Waals surface area (Å²) in [4.78, 5) is 0. The third kappa shape index (κ3) is 3.70. The van der Waals surface area contributed by atoms with Gasteiger partial charge in [-0.2, -0.15) is 5.10 Å². The van der Waals surface area contributed by atoms with Crippen LogP contribution in [0.4, 0.5) is 0 Å². The van der Waals surface area contributed by atoms with E-state index in [1.165, 1.54) is 31.4 Å². The van der Waals surface area contributed by atoms with Gasteiger partial charge in [0.05, 0.1) is 5.69 Å². The molecule has 18 heavy (non-hydrogen) atoms. The molecule has 2 rings (SSSR count). The average Bonchev–Trinajstić information content (AvgIpc) is 2.88. The molecule has 0 spiro atoms. The maximum atomic E-state index is 4.41. The lowest BCUT2D eigenvalue weighted by atomic mass is 10.1. The smallest absolute Gasteiger partial charge is 0.0648 e. The van der Waals surface area contributed by atoms with Crippen molar-refractivity contribution in [2.24, 2.45) is 0 Å². The van der Waals surface area contributed by atoms with Crippen LogP contribution in [0.25, 0.3) is 5.69 Å². The number of aromatic nitrogens is 2. The van der Waals surface area contributed by atoms with Crippen molar-refractivity contribution in [1.29, 1.82) is 0 Å². The lowest BCUT2D eigenvalue weighted by Crippen LogP contribution is -2.01. The van der Waals surface area contributed by atoms with Crippen molar-refractivity contribution in [3.63, 3.8) is 0 Å². The number of nitrogens with zero attached hydrogens (tertiary/aromatic N) is 2. The van der Waals surface area contributed by atoms with Crippen LogP contribution in [0, 0.1) is 0 Å². The minimum absolute atomic E-state index is 1.11. The van der Waals surface area contributed by atoms with Crippen molar-refractivity contribution in [3.8, 4) is 5.69 Å². The molecule has 3 heteroatoms. The summed E-state index contributed by atoms with van der Waals surface area (Å²) in [5, 5.41) is 5.53. The molecule has 0 unspecified atom stereocenters. The molecule has 96 valence electrons.